The molecule has 1 aromatic heterocycles. The summed E-state index contributed by atoms with van der Waals surface area (Å²) in [6.07, 6.45) is 3.34. The van der Waals surface area contributed by atoms with Gasteiger partial charge in [-0.25, -0.2) is 4.98 Å². The number of hydrogen-bond donors (Lipinski definition) is 0. The predicted molar refractivity (Wildman–Crippen MR) is 110 cm³/mol. The third-order valence-electron chi connectivity index (χ3n) is 6.33. The fourth-order valence-electron chi connectivity index (χ4n) is 4.76. The molecule has 27 heavy (non-hydrogen) atoms. The van der Waals surface area contributed by atoms with E-state index in [1.54, 1.807) is 11.3 Å². The van der Waals surface area contributed by atoms with Crippen molar-refractivity contribution in [1.82, 2.24) is 14.8 Å². The maximum Gasteiger partial charge on any atom is 0.230 e. The molecule has 1 atom stereocenters. The van der Waals surface area contributed by atoms with Crippen molar-refractivity contribution >= 4 is 17.2 Å². The lowest BCUT2D eigenvalue weighted by Gasteiger charge is -2.49. The Bertz CT molecular complexity index is 780. The third kappa shape index (κ3) is 3.94. The number of likely N-dealkylation sites (tertiary alicyclic amines) is 2. The number of thiazole rings is 1. The number of hydrogen-bond acceptors (Lipinski definition) is 4. The molecular formula is C22H29N3OS. The van der Waals surface area contributed by atoms with Crippen molar-refractivity contribution in [2.24, 2.45) is 5.41 Å². The number of carbonyl (C=O) groups is 1. The van der Waals surface area contributed by atoms with E-state index in [0.29, 0.717) is 5.91 Å². The Kier molecular flexibility index (Phi) is 5.33. The smallest absolute Gasteiger partial charge is 0.230 e. The second kappa shape index (κ2) is 7.72. The van der Waals surface area contributed by atoms with E-state index in [1.807, 2.05) is 6.07 Å². The Labute approximate surface area is 166 Å². The summed E-state index contributed by atoms with van der Waals surface area (Å²) in [6.45, 7) is 9.08. The summed E-state index contributed by atoms with van der Waals surface area (Å²) in [5.74, 6) is 0.336. The summed E-state index contributed by atoms with van der Waals surface area (Å²) >= 11 is 1.73. The first kappa shape index (κ1) is 18.6. The van der Waals surface area contributed by atoms with Gasteiger partial charge < -0.3 is 4.90 Å². The van der Waals surface area contributed by atoms with Gasteiger partial charge in [-0.1, -0.05) is 30.3 Å². The van der Waals surface area contributed by atoms with Crippen LogP contribution in [0.25, 0.3) is 0 Å². The van der Waals surface area contributed by atoms with Gasteiger partial charge in [0.05, 0.1) is 16.6 Å². The van der Waals surface area contributed by atoms with Gasteiger partial charge in [-0.2, -0.15) is 0 Å². The molecule has 4 nitrogen and oxygen atoms in total. The maximum atomic E-state index is 13.0. The van der Waals surface area contributed by atoms with Crippen molar-refractivity contribution < 1.29 is 4.79 Å². The molecule has 0 radical (unpaired) electrons. The van der Waals surface area contributed by atoms with Gasteiger partial charge in [-0.05, 0) is 57.2 Å². The van der Waals surface area contributed by atoms with Crippen LogP contribution in [-0.4, -0.2) is 46.9 Å². The molecule has 2 saturated heterocycles. The lowest BCUT2D eigenvalue weighted by atomic mass is 9.67. The topological polar surface area (TPSA) is 36.4 Å². The Hall–Kier alpha value is -1.72. The SMILES string of the molecule is CCN1CC2(CCN(Cc3csc(C)n3)CC2)C[C@@H](c2ccccc2)C1=O. The zero-order valence-corrected chi connectivity index (χ0v) is 17.2. The normalized spacial score (nSPS) is 23.1. The highest BCUT2D eigenvalue weighted by atomic mass is 32.1. The summed E-state index contributed by atoms with van der Waals surface area (Å²) in [5.41, 5.74) is 2.64. The van der Waals surface area contributed by atoms with Crippen molar-refractivity contribution in [2.75, 3.05) is 26.2 Å². The quantitative estimate of drug-likeness (QED) is 0.798. The molecule has 4 rings (SSSR count). The summed E-state index contributed by atoms with van der Waals surface area (Å²) in [4.78, 5) is 22.2. The number of carbonyl (C=O) groups excluding carboxylic acids is 1. The Morgan fingerprint density at radius 1 is 1.22 bits per heavy atom. The molecule has 144 valence electrons. The minimum atomic E-state index is 0.0210. The largest absolute Gasteiger partial charge is 0.342 e. The molecule has 0 bridgehead atoms. The van der Waals surface area contributed by atoms with Crippen LogP contribution < -0.4 is 0 Å². The first-order valence-electron chi connectivity index (χ1n) is 10.1. The first-order valence-corrected chi connectivity index (χ1v) is 10.9. The molecule has 0 N–H and O–H groups in total. The van der Waals surface area contributed by atoms with E-state index in [-0.39, 0.29) is 11.3 Å². The van der Waals surface area contributed by atoms with Gasteiger partial charge in [-0.3, -0.25) is 9.69 Å². The zero-order chi connectivity index (χ0) is 18.9. The molecule has 1 spiro atoms. The van der Waals surface area contributed by atoms with Gasteiger partial charge in [0, 0.05) is 25.0 Å². The molecule has 0 unspecified atom stereocenters. The van der Waals surface area contributed by atoms with Crippen LogP contribution in [0.5, 0.6) is 0 Å². The number of piperidine rings is 2. The number of benzene rings is 1. The second-order valence-corrected chi connectivity index (χ2v) is 9.22. The van der Waals surface area contributed by atoms with Crippen molar-refractivity contribution in [3.63, 3.8) is 0 Å². The number of nitrogens with zero attached hydrogens (tertiary/aromatic N) is 3. The average molecular weight is 384 g/mol. The lowest BCUT2D eigenvalue weighted by Crippen LogP contribution is -2.53. The molecule has 1 aromatic carbocycles. The number of aryl methyl sites for hydroxylation is 1. The van der Waals surface area contributed by atoms with Crippen LogP contribution in [-0.2, 0) is 11.3 Å². The van der Waals surface area contributed by atoms with Gasteiger partial charge in [-0.15, -0.1) is 11.3 Å². The van der Waals surface area contributed by atoms with Gasteiger partial charge in [0.15, 0.2) is 0 Å². The van der Waals surface area contributed by atoms with Crippen molar-refractivity contribution in [3.05, 3.63) is 52.0 Å². The van der Waals surface area contributed by atoms with Gasteiger partial charge in [0.2, 0.25) is 5.91 Å². The van der Waals surface area contributed by atoms with Gasteiger partial charge in [0.1, 0.15) is 0 Å². The predicted octanol–water partition coefficient (Wildman–Crippen LogP) is 4.07. The maximum absolute atomic E-state index is 13.0. The minimum absolute atomic E-state index is 0.0210. The Morgan fingerprint density at radius 3 is 2.59 bits per heavy atom. The highest BCUT2D eigenvalue weighted by Gasteiger charge is 2.45. The highest BCUT2D eigenvalue weighted by molar-refractivity contribution is 7.09. The second-order valence-electron chi connectivity index (χ2n) is 8.15. The highest BCUT2D eigenvalue weighted by Crippen LogP contribution is 2.45. The lowest BCUT2D eigenvalue weighted by molar-refractivity contribution is -0.141. The van der Waals surface area contributed by atoms with E-state index in [1.165, 1.54) is 24.1 Å². The number of aromatic nitrogens is 1. The van der Waals surface area contributed by atoms with Crippen LogP contribution in [0.2, 0.25) is 0 Å². The van der Waals surface area contributed by atoms with Crippen LogP contribution in [0.3, 0.4) is 0 Å². The molecule has 0 saturated carbocycles. The minimum Gasteiger partial charge on any atom is -0.342 e. The number of rotatable bonds is 4. The van der Waals surface area contributed by atoms with E-state index < -0.39 is 0 Å². The first-order chi connectivity index (χ1) is 13.1. The molecular weight excluding hydrogens is 354 g/mol. The fraction of sp³-hybridized carbons (Fsp3) is 0.545. The van der Waals surface area contributed by atoms with Crippen LogP contribution in [0, 0.1) is 12.3 Å². The molecule has 5 heteroatoms. The number of amides is 1. The van der Waals surface area contributed by atoms with Crippen LogP contribution in [0.4, 0.5) is 0 Å². The Morgan fingerprint density at radius 2 is 1.96 bits per heavy atom. The summed E-state index contributed by atoms with van der Waals surface area (Å²) in [7, 11) is 0. The van der Waals surface area contributed by atoms with Crippen LogP contribution >= 0.6 is 11.3 Å². The molecule has 0 aliphatic carbocycles. The van der Waals surface area contributed by atoms with Gasteiger partial charge in [0.25, 0.3) is 0 Å². The van der Waals surface area contributed by atoms with Crippen molar-refractivity contribution in [2.45, 2.75) is 45.6 Å². The van der Waals surface area contributed by atoms with E-state index in [0.717, 1.165) is 44.2 Å². The zero-order valence-electron chi connectivity index (χ0n) is 16.4. The average Bonchev–Trinajstić information content (AvgIpc) is 3.11. The Balaban J connectivity index is 1.47. The van der Waals surface area contributed by atoms with Crippen molar-refractivity contribution in [1.29, 1.82) is 0 Å². The summed E-state index contributed by atoms with van der Waals surface area (Å²) in [5, 5.41) is 3.33. The fourth-order valence-corrected chi connectivity index (χ4v) is 5.36. The standard InChI is InChI=1S/C22H29N3OS/c1-3-25-16-22(13-20(21(25)26)18-7-5-4-6-8-18)9-11-24(12-10-22)14-19-15-27-17(2)23-19/h4-8,15,20H,3,9-14,16H2,1-2H3/t20-/m0/s1. The van der Waals surface area contributed by atoms with Gasteiger partial charge >= 0.3 is 0 Å². The van der Waals surface area contributed by atoms with E-state index in [2.05, 4.69) is 58.3 Å². The van der Waals surface area contributed by atoms with E-state index in [4.69, 9.17) is 0 Å². The summed E-state index contributed by atoms with van der Waals surface area (Å²) < 4.78 is 0. The monoisotopic (exact) mass is 383 g/mol. The van der Waals surface area contributed by atoms with Crippen molar-refractivity contribution in [3.8, 4) is 0 Å². The summed E-state index contributed by atoms with van der Waals surface area (Å²) in [6, 6.07) is 10.4. The van der Waals surface area contributed by atoms with Crippen LogP contribution in [0.1, 0.15) is 48.4 Å². The molecule has 2 fully saturated rings. The molecule has 2 aliphatic heterocycles. The number of likely N-dealkylation sites (N-methyl/N-ethyl adjacent to an activating group) is 1. The van der Waals surface area contributed by atoms with Crippen LogP contribution in [0.15, 0.2) is 35.7 Å². The molecule has 3 heterocycles. The molecule has 2 aliphatic rings. The third-order valence-corrected chi connectivity index (χ3v) is 7.15. The molecule has 2 aromatic rings. The van der Waals surface area contributed by atoms with E-state index in [9.17, 15) is 4.79 Å². The molecule has 1 amide bonds. The van der Waals surface area contributed by atoms with E-state index >= 15 is 0 Å².